The summed E-state index contributed by atoms with van der Waals surface area (Å²) in [5, 5.41) is 12.7. The fourth-order valence-corrected chi connectivity index (χ4v) is 2.01. The molecule has 1 aromatic heterocycles. The number of amides is 1. The highest BCUT2D eigenvalue weighted by Gasteiger charge is 2.14. The van der Waals surface area contributed by atoms with E-state index in [4.69, 9.17) is 16.7 Å². The number of aliphatic carboxylic acids is 1. The fourth-order valence-electron chi connectivity index (χ4n) is 0.819. The van der Waals surface area contributed by atoms with E-state index in [0.717, 1.165) is 5.56 Å². The molecular formula is C8H8ClNO3S. The van der Waals surface area contributed by atoms with Crippen LogP contribution in [0.4, 0.5) is 0 Å². The van der Waals surface area contributed by atoms with Crippen molar-refractivity contribution in [2.75, 3.05) is 6.54 Å². The SMILES string of the molecule is Cc1csc(C(=O)NCC(=O)O)c1Cl. The van der Waals surface area contributed by atoms with Gasteiger partial charge in [-0.2, -0.15) is 0 Å². The van der Waals surface area contributed by atoms with E-state index >= 15 is 0 Å². The molecule has 0 aliphatic rings. The van der Waals surface area contributed by atoms with E-state index in [2.05, 4.69) is 5.32 Å². The minimum Gasteiger partial charge on any atom is -0.480 e. The highest BCUT2D eigenvalue weighted by molar-refractivity contribution is 7.13. The molecule has 0 aliphatic carbocycles. The molecule has 0 spiro atoms. The summed E-state index contributed by atoms with van der Waals surface area (Å²) >= 11 is 7.02. The molecular weight excluding hydrogens is 226 g/mol. The standard InChI is InChI=1S/C8H8ClNO3S/c1-4-3-14-7(6(4)9)8(13)10-2-5(11)12/h3H,2H2,1H3,(H,10,13)(H,11,12). The van der Waals surface area contributed by atoms with Crippen molar-refractivity contribution < 1.29 is 14.7 Å². The number of rotatable bonds is 3. The number of thiophene rings is 1. The number of nitrogens with one attached hydrogen (secondary N) is 1. The van der Waals surface area contributed by atoms with E-state index in [1.807, 2.05) is 0 Å². The Morgan fingerprint density at radius 2 is 2.29 bits per heavy atom. The van der Waals surface area contributed by atoms with Crippen molar-refractivity contribution in [1.29, 1.82) is 0 Å². The van der Waals surface area contributed by atoms with Crippen LogP contribution in [-0.4, -0.2) is 23.5 Å². The summed E-state index contributed by atoms with van der Waals surface area (Å²) in [6.07, 6.45) is 0. The van der Waals surface area contributed by atoms with Crippen LogP contribution in [-0.2, 0) is 4.79 Å². The third kappa shape index (κ3) is 2.46. The molecule has 1 rings (SSSR count). The van der Waals surface area contributed by atoms with Crippen LogP contribution in [0.5, 0.6) is 0 Å². The van der Waals surface area contributed by atoms with Gasteiger partial charge in [0.2, 0.25) is 0 Å². The van der Waals surface area contributed by atoms with Gasteiger partial charge >= 0.3 is 5.97 Å². The monoisotopic (exact) mass is 233 g/mol. The molecule has 0 bridgehead atoms. The van der Waals surface area contributed by atoms with Gasteiger partial charge in [0.25, 0.3) is 5.91 Å². The van der Waals surface area contributed by atoms with Gasteiger partial charge in [-0.15, -0.1) is 11.3 Å². The molecule has 1 amide bonds. The first-order valence-corrected chi connectivity index (χ1v) is 5.01. The normalized spacial score (nSPS) is 9.86. The molecule has 6 heteroatoms. The van der Waals surface area contributed by atoms with Crippen LogP contribution < -0.4 is 5.32 Å². The first-order chi connectivity index (χ1) is 6.52. The van der Waals surface area contributed by atoms with Crippen LogP contribution in [0.2, 0.25) is 5.02 Å². The maximum atomic E-state index is 11.3. The topological polar surface area (TPSA) is 66.4 Å². The lowest BCUT2D eigenvalue weighted by atomic mass is 10.3. The zero-order valence-electron chi connectivity index (χ0n) is 7.33. The minimum absolute atomic E-state index is 0.352. The molecule has 14 heavy (non-hydrogen) atoms. The molecule has 1 heterocycles. The Morgan fingerprint density at radius 1 is 1.64 bits per heavy atom. The third-order valence-corrected chi connectivity index (χ3v) is 3.20. The molecule has 2 N–H and O–H groups in total. The molecule has 0 saturated carbocycles. The van der Waals surface area contributed by atoms with Crippen molar-refractivity contribution in [2.24, 2.45) is 0 Å². The molecule has 0 saturated heterocycles. The van der Waals surface area contributed by atoms with E-state index in [-0.39, 0.29) is 0 Å². The van der Waals surface area contributed by atoms with E-state index < -0.39 is 18.4 Å². The summed E-state index contributed by atoms with van der Waals surface area (Å²) in [4.78, 5) is 21.9. The molecule has 0 radical (unpaired) electrons. The molecule has 0 fully saturated rings. The van der Waals surface area contributed by atoms with Gasteiger partial charge in [-0.25, -0.2) is 0 Å². The highest BCUT2D eigenvalue weighted by Crippen LogP contribution is 2.26. The van der Waals surface area contributed by atoms with Crippen molar-refractivity contribution in [2.45, 2.75) is 6.92 Å². The number of hydrogen-bond acceptors (Lipinski definition) is 3. The molecule has 1 aromatic rings. The fraction of sp³-hybridized carbons (Fsp3) is 0.250. The van der Waals surface area contributed by atoms with Gasteiger partial charge in [0.1, 0.15) is 11.4 Å². The number of halogens is 1. The zero-order chi connectivity index (χ0) is 10.7. The average Bonchev–Trinajstić information content (AvgIpc) is 2.44. The lowest BCUT2D eigenvalue weighted by molar-refractivity contribution is -0.135. The average molecular weight is 234 g/mol. The number of carbonyl (C=O) groups excluding carboxylic acids is 1. The molecule has 76 valence electrons. The van der Waals surface area contributed by atoms with Gasteiger partial charge in [0.05, 0.1) is 5.02 Å². The van der Waals surface area contributed by atoms with E-state index in [0.29, 0.717) is 9.90 Å². The number of carboxylic acid groups (broad SMARTS) is 1. The van der Waals surface area contributed by atoms with Crippen molar-refractivity contribution in [1.82, 2.24) is 5.32 Å². The molecule has 0 unspecified atom stereocenters. The quantitative estimate of drug-likeness (QED) is 0.832. The Hall–Kier alpha value is -1.07. The highest BCUT2D eigenvalue weighted by atomic mass is 35.5. The van der Waals surface area contributed by atoms with Gasteiger partial charge in [0.15, 0.2) is 0 Å². The Bertz CT molecular complexity index is 375. The second-order valence-corrected chi connectivity index (χ2v) is 3.90. The van der Waals surface area contributed by atoms with Gasteiger partial charge in [-0.05, 0) is 17.9 Å². The maximum Gasteiger partial charge on any atom is 0.322 e. The van der Waals surface area contributed by atoms with Crippen LogP contribution in [0.1, 0.15) is 15.2 Å². The minimum atomic E-state index is -1.08. The smallest absolute Gasteiger partial charge is 0.322 e. The summed E-state index contributed by atoms with van der Waals surface area (Å²) in [7, 11) is 0. The molecule has 0 aromatic carbocycles. The van der Waals surface area contributed by atoms with Gasteiger partial charge in [-0.3, -0.25) is 9.59 Å². The van der Waals surface area contributed by atoms with Gasteiger partial charge < -0.3 is 10.4 Å². The summed E-state index contributed by atoms with van der Waals surface area (Å²) in [6.45, 7) is 1.39. The first-order valence-electron chi connectivity index (χ1n) is 3.76. The predicted molar refractivity (Wildman–Crippen MR) is 54.0 cm³/mol. The molecule has 0 atom stereocenters. The largest absolute Gasteiger partial charge is 0.480 e. The van der Waals surface area contributed by atoms with E-state index in [9.17, 15) is 9.59 Å². The lowest BCUT2D eigenvalue weighted by Gasteiger charge is -1.99. The van der Waals surface area contributed by atoms with Crippen molar-refractivity contribution in [3.8, 4) is 0 Å². The number of carbonyl (C=O) groups is 2. The lowest BCUT2D eigenvalue weighted by Crippen LogP contribution is -2.28. The number of carboxylic acids is 1. The third-order valence-electron chi connectivity index (χ3n) is 1.51. The first kappa shape index (κ1) is 11.0. The van der Waals surface area contributed by atoms with Crippen LogP contribution in [0.25, 0.3) is 0 Å². The van der Waals surface area contributed by atoms with Crippen LogP contribution >= 0.6 is 22.9 Å². The van der Waals surface area contributed by atoms with Gasteiger partial charge in [-0.1, -0.05) is 11.6 Å². The van der Waals surface area contributed by atoms with E-state index in [1.54, 1.807) is 12.3 Å². The van der Waals surface area contributed by atoms with Crippen molar-refractivity contribution in [3.63, 3.8) is 0 Å². The molecule has 4 nitrogen and oxygen atoms in total. The number of aryl methyl sites for hydroxylation is 1. The van der Waals surface area contributed by atoms with E-state index in [1.165, 1.54) is 11.3 Å². The summed E-state index contributed by atoms with van der Waals surface area (Å²) < 4.78 is 0. The summed E-state index contributed by atoms with van der Waals surface area (Å²) in [6, 6.07) is 0. The number of hydrogen-bond donors (Lipinski definition) is 2. The van der Waals surface area contributed by atoms with Crippen molar-refractivity contribution >= 4 is 34.8 Å². The summed E-state index contributed by atoms with van der Waals surface area (Å²) in [5.74, 6) is -1.53. The van der Waals surface area contributed by atoms with Gasteiger partial charge in [0, 0.05) is 0 Å². The Kier molecular flexibility index (Phi) is 3.49. The van der Waals surface area contributed by atoms with Crippen LogP contribution in [0.3, 0.4) is 0 Å². The second kappa shape index (κ2) is 4.43. The van der Waals surface area contributed by atoms with Crippen LogP contribution in [0, 0.1) is 6.92 Å². The second-order valence-electron chi connectivity index (χ2n) is 2.64. The van der Waals surface area contributed by atoms with Crippen molar-refractivity contribution in [3.05, 3.63) is 20.8 Å². The molecule has 0 aliphatic heterocycles. The maximum absolute atomic E-state index is 11.3. The Balaban J connectivity index is 2.70. The Morgan fingerprint density at radius 3 is 2.71 bits per heavy atom. The zero-order valence-corrected chi connectivity index (χ0v) is 8.91. The van der Waals surface area contributed by atoms with Crippen LogP contribution in [0.15, 0.2) is 5.38 Å². The Labute approximate surface area is 89.5 Å². The predicted octanol–water partition coefficient (Wildman–Crippen LogP) is 1.52. The summed E-state index contributed by atoms with van der Waals surface area (Å²) in [5.41, 5.74) is 0.817.